The lowest BCUT2D eigenvalue weighted by atomic mass is 9.91. The van der Waals surface area contributed by atoms with Crippen molar-refractivity contribution in [3.8, 4) is 0 Å². The molecule has 420 valence electrons. The second-order valence-corrected chi connectivity index (χ2v) is 18.4. The molecule has 2 aromatic rings. The molecular weight excluding hydrogens is 989 g/mol. The van der Waals surface area contributed by atoms with Crippen LogP contribution in [-0.2, 0) is 86.6 Å². The number of aliphatic hydroxyl groups excluding tert-OH is 2. The van der Waals surface area contributed by atoms with E-state index in [0.717, 1.165) is 22.4 Å². The summed E-state index contributed by atoms with van der Waals surface area (Å²) in [6.45, 7) is 24.4. The standard InChI is InChI=1S/C21H29NO5.C14H19NO6.C13H21NO5.C7H9NO/c1-5-10-27-20(25)12-18(14(2)3)21(26)22-15(4)19(24)11-16-6-8-17(13-23)9-7-16;1-4-7-20-13(18)8-10(9(2)3)14(19)21-15-11(16)5-6-12(15)17;1-5-6-19-11(15)7-10(8(2)3)12(16)14-9(4)13(17)18;8-7-3-1-6(5-9)2-4-7/h5-9,14-15,18,23H,1,10-13H2,2-4H3,(H,22,26);4,9-10H,1,5-8H2,2-3H3;5,8-10H,1,6-7H2,2-4H3,(H,14,16)(H,17,18);1-4,9H,5,8H2/t15-,18-;10-;9-,10-;/m000./s1. The van der Waals surface area contributed by atoms with Crippen LogP contribution < -0.4 is 16.4 Å². The van der Waals surface area contributed by atoms with Gasteiger partial charge < -0.3 is 50.7 Å². The van der Waals surface area contributed by atoms with Gasteiger partial charge in [0.1, 0.15) is 25.9 Å². The molecule has 1 aliphatic heterocycles. The first-order chi connectivity index (χ1) is 35.8. The molecule has 7 N–H and O–H groups in total. The van der Waals surface area contributed by atoms with Crippen LogP contribution in [0.5, 0.6) is 0 Å². The number of hydrogen-bond acceptors (Lipinski definition) is 17. The summed E-state index contributed by atoms with van der Waals surface area (Å²) < 4.78 is 14.6. The summed E-state index contributed by atoms with van der Waals surface area (Å²) in [5, 5.41) is 31.9. The number of hydroxylamine groups is 2. The van der Waals surface area contributed by atoms with Gasteiger partial charge in [0.2, 0.25) is 11.8 Å². The molecule has 21 nitrogen and oxygen atoms in total. The van der Waals surface area contributed by atoms with E-state index in [1.165, 1.54) is 25.2 Å². The third kappa shape index (κ3) is 27.7. The van der Waals surface area contributed by atoms with Gasteiger partial charge in [-0.15, -0.1) is 5.06 Å². The Labute approximate surface area is 445 Å². The Bertz CT molecular complexity index is 2230. The van der Waals surface area contributed by atoms with Crippen molar-refractivity contribution in [3.05, 3.63) is 103 Å². The van der Waals surface area contributed by atoms with Crippen LogP contribution in [0.3, 0.4) is 0 Å². The summed E-state index contributed by atoms with van der Waals surface area (Å²) in [5.41, 5.74) is 8.61. The summed E-state index contributed by atoms with van der Waals surface area (Å²) in [6, 6.07) is 12.6. The van der Waals surface area contributed by atoms with E-state index in [4.69, 9.17) is 40.1 Å². The topological polar surface area (TPSA) is 322 Å². The second-order valence-electron chi connectivity index (χ2n) is 18.4. The SMILES string of the molecule is C=CCOC(=O)C[C@H](C(=O)N[C@@H](C)C(=O)Cc1ccc(CO)cc1)C(C)C.C=CCOC(=O)C[C@H](C(=O)N[C@@H](C)C(=O)O)C(C)C.C=CCOC(=O)C[C@H](C(=O)ON1C(=O)CCC1=O)C(C)C.Nc1ccc(CO)cc1. The van der Waals surface area contributed by atoms with E-state index in [9.17, 15) is 47.9 Å². The zero-order valence-corrected chi connectivity index (χ0v) is 45.0. The van der Waals surface area contributed by atoms with Crippen LogP contribution in [0.15, 0.2) is 86.5 Å². The Morgan fingerprint density at radius 2 is 0.921 bits per heavy atom. The first kappa shape index (κ1) is 68.5. The average Bonchev–Trinajstić information content (AvgIpc) is 3.69. The number of hydrogen-bond donors (Lipinski definition) is 6. The van der Waals surface area contributed by atoms with E-state index in [2.05, 4.69) is 30.4 Å². The summed E-state index contributed by atoms with van der Waals surface area (Å²) in [7, 11) is 0. The van der Waals surface area contributed by atoms with Gasteiger partial charge in [0, 0.05) is 24.9 Å². The lowest BCUT2D eigenvalue weighted by molar-refractivity contribution is -0.202. The maximum Gasteiger partial charge on any atom is 0.337 e. The third-order valence-electron chi connectivity index (χ3n) is 11.1. The maximum absolute atomic E-state index is 12.5. The first-order valence-electron chi connectivity index (χ1n) is 24.6. The number of carboxylic acid groups (broad SMARTS) is 1. The molecule has 0 spiro atoms. The molecule has 0 aromatic heterocycles. The number of carbonyl (C=O) groups is 10. The fourth-order valence-electron chi connectivity index (χ4n) is 6.36. The lowest BCUT2D eigenvalue weighted by Crippen LogP contribution is -2.44. The van der Waals surface area contributed by atoms with Crippen molar-refractivity contribution in [3.63, 3.8) is 0 Å². The zero-order valence-electron chi connectivity index (χ0n) is 45.0. The molecule has 3 rings (SSSR count). The molecule has 0 saturated carbocycles. The molecule has 1 heterocycles. The smallest absolute Gasteiger partial charge is 0.337 e. The number of ketones is 1. The molecule has 76 heavy (non-hydrogen) atoms. The van der Waals surface area contributed by atoms with E-state index in [-0.39, 0.29) is 101 Å². The molecule has 5 atom stereocenters. The molecule has 1 fully saturated rings. The second kappa shape index (κ2) is 37.2. The van der Waals surface area contributed by atoms with E-state index < -0.39 is 77.4 Å². The molecule has 2 aromatic carbocycles. The van der Waals surface area contributed by atoms with Crippen LogP contribution >= 0.6 is 0 Å². The summed E-state index contributed by atoms with van der Waals surface area (Å²) in [5.74, 6) is -7.82. The fourth-order valence-corrected chi connectivity index (χ4v) is 6.36. The minimum absolute atomic E-state index is 0.0276. The number of amides is 4. The Balaban J connectivity index is 0.00000104. The van der Waals surface area contributed by atoms with Gasteiger partial charge in [0.15, 0.2) is 5.78 Å². The predicted molar refractivity (Wildman–Crippen MR) is 280 cm³/mol. The van der Waals surface area contributed by atoms with Gasteiger partial charge in [0.25, 0.3) is 11.8 Å². The van der Waals surface area contributed by atoms with Crippen LogP contribution in [0, 0.1) is 35.5 Å². The van der Waals surface area contributed by atoms with E-state index in [1.54, 1.807) is 83.1 Å². The third-order valence-corrected chi connectivity index (χ3v) is 11.1. The highest BCUT2D eigenvalue weighted by Crippen LogP contribution is 2.22. The highest BCUT2D eigenvalue weighted by atomic mass is 16.7. The molecule has 0 bridgehead atoms. The molecule has 0 aliphatic carbocycles. The highest BCUT2D eigenvalue weighted by Gasteiger charge is 2.37. The van der Waals surface area contributed by atoms with Gasteiger partial charge in [-0.1, -0.05) is 116 Å². The number of nitrogens with zero attached hydrogens (tertiary/aromatic N) is 1. The zero-order chi connectivity index (χ0) is 58.1. The number of aliphatic hydroxyl groups is 2. The van der Waals surface area contributed by atoms with Gasteiger partial charge in [-0.05, 0) is 60.4 Å². The summed E-state index contributed by atoms with van der Waals surface area (Å²) >= 11 is 0. The Hall–Kier alpha value is -7.52. The monoisotopic (exact) mass is 1070 g/mol. The molecular formula is C55H78N4O17. The summed E-state index contributed by atoms with van der Waals surface area (Å²) in [6.07, 6.45) is 4.26. The molecule has 1 saturated heterocycles. The number of aliphatic carboxylic acids is 1. The number of carbonyl (C=O) groups excluding carboxylic acids is 9. The average molecular weight is 1070 g/mol. The maximum atomic E-state index is 12.5. The van der Waals surface area contributed by atoms with Crippen molar-refractivity contribution < 1.29 is 82.3 Å². The van der Waals surface area contributed by atoms with E-state index >= 15 is 0 Å². The first-order valence-corrected chi connectivity index (χ1v) is 24.6. The van der Waals surface area contributed by atoms with E-state index in [0.29, 0.717) is 5.06 Å². The van der Waals surface area contributed by atoms with Crippen molar-refractivity contribution >= 4 is 64.9 Å². The number of nitrogens with one attached hydrogen (secondary N) is 2. The number of rotatable bonds is 27. The Morgan fingerprint density at radius 1 is 0.579 bits per heavy atom. The number of ether oxygens (including phenoxy) is 3. The number of carboxylic acids is 1. The molecule has 21 heteroatoms. The largest absolute Gasteiger partial charge is 0.480 e. The fraction of sp³-hybridized carbons (Fsp3) is 0.491. The lowest BCUT2D eigenvalue weighted by Gasteiger charge is -2.22. The quantitative estimate of drug-likeness (QED) is 0.0228. The van der Waals surface area contributed by atoms with Crippen LogP contribution in [0.25, 0.3) is 0 Å². The predicted octanol–water partition coefficient (Wildman–Crippen LogP) is 4.90. The van der Waals surface area contributed by atoms with Crippen molar-refractivity contribution in [1.82, 2.24) is 15.7 Å². The molecule has 1 aliphatic rings. The number of esters is 3. The number of nitrogens with two attached hydrogens (primary N) is 1. The van der Waals surface area contributed by atoms with Crippen molar-refractivity contribution in [2.24, 2.45) is 35.5 Å². The van der Waals surface area contributed by atoms with Gasteiger partial charge >= 0.3 is 29.8 Å². The summed E-state index contributed by atoms with van der Waals surface area (Å²) in [4.78, 5) is 122. The Morgan fingerprint density at radius 3 is 1.26 bits per heavy atom. The minimum atomic E-state index is -1.12. The number of imide groups is 1. The van der Waals surface area contributed by atoms with Crippen molar-refractivity contribution in [2.75, 3.05) is 25.6 Å². The van der Waals surface area contributed by atoms with Gasteiger partial charge in [-0.3, -0.25) is 43.2 Å². The van der Waals surface area contributed by atoms with Gasteiger partial charge in [-0.2, -0.15) is 0 Å². The van der Waals surface area contributed by atoms with Crippen LogP contribution in [0.1, 0.15) is 104 Å². The number of anilines is 1. The number of benzene rings is 2. The highest BCUT2D eigenvalue weighted by molar-refractivity contribution is 6.01. The molecule has 0 unspecified atom stereocenters. The number of nitrogen functional groups attached to an aromatic ring is 1. The normalized spacial score (nSPS) is 13.5. The van der Waals surface area contributed by atoms with Crippen LogP contribution in [-0.4, -0.2) is 112 Å². The Kier molecular flexibility index (Phi) is 33.6. The molecule has 4 amide bonds. The van der Waals surface area contributed by atoms with Gasteiger partial charge in [0.05, 0.1) is 56.3 Å². The molecule has 0 radical (unpaired) electrons. The minimum Gasteiger partial charge on any atom is -0.480 e. The van der Waals surface area contributed by atoms with Crippen molar-refractivity contribution in [1.29, 1.82) is 0 Å². The number of Topliss-reactive ketones (excluding diaryl/α,β-unsaturated/α-hetero) is 1. The van der Waals surface area contributed by atoms with Crippen molar-refractivity contribution in [2.45, 2.75) is 119 Å². The van der Waals surface area contributed by atoms with E-state index in [1.807, 2.05) is 13.8 Å². The van der Waals surface area contributed by atoms with Gasteiger partial charge in [-0.25, -0.2) is 4.79 Å². The van der Waals surface area contributed by atoms with Crippen LogP contribution in [0.2, 0.25) is 0 Å². The van der Waals surface area contributed by atoms with Crippen LogP contribution in [0.4, 0.5) is 5.69 Å².